The van der Waals surface area contributed by atoms with Gasteiger partial charge in [0.05, 0.1) is 0 Å². The highest BCUT2D eigenvalue weighted by Gasteiger charge is 2.21. The van der Waals surface area contributed by atoms with Crippen LogP contribution in [-0.2, 0) is 11.2 Å². The topological polar surface area (TPSA) is 58.2 Å². The van der Waals surface area contributed by atoms with Gasteiger partial charge in [-0.05, 0) is 66.8 Å². The fraction of sp³-hybridized carbons (Fsp3) is 0.300. The Morgan fingerprint density at radius 3 is 2.50 bits per heavy atom. The molecule has 1 atom stereocenters. The molecule has 2 aromatic carbocycles. The first-order chi connectivity index (χ1) is 13.4. The number of hydrogen-bond donors (Lipinski definition) is 2. The van der Waals surface area contributed by atoms with Crippen LogP contribution in [0.4, 0.5) is 0 Å². The first-order valence-electron chi connectivity index (χ1n) is 8.67. The highest BCUT2D eigenvalue weighted by atomic mass is 79.9. The zero-order valence-corrected chi connectivity index (χ0v) is 19.2. The van der Waals surface area contributed by atoms with Crippen molar-refractivity contribution in [2.24, 2.45) is 0 Å². The SMILES string of the molecule is CSCCC(NC(=O)c1ccc(Br)cc1)C(=O)NCCc1ccc(Cl)cc1Cl. The summed E-state index contributed by atoms with van der Waals surface area (Å²) in [6, 6.07) is 11.7. The summed E-state index contributed by atoms with van der Waals surface area (Å²) in [5.74, 6) is 0.293. The summed E-state index contributed by atoms with van der Waals surface area (Å²) in [6.07, 6.45) is 3.10. The van der Waals surface area contributed by atoms with Gasteiger partial charge in [-0.1, -0.05) is 45.2 Å². The van der Waals surface area contributed by atoms with Crippen LogP contribution < -0.4 is 10.6 Å². The van der Waals surface area contributed by atoms with E-state index in [9.17, 15) is 9.59 Å². The van der Waals surface area contributed by atoms with E-state index in [0.29, 0.717) is 35.0 Å². The molecule has 0 spiro atoms. The Labute approximate surface area is 187 Å². The van der Waals surface area contributed by atoms with Crippen molar-refractivity contribution in [3.05, 3.63) is 68.1 Å². The number of amides is 2. The molecule has 0 bridgehead atoms. The molecule has 4 nitrogen and oxygen atoms in total. The summed E-state index contributed by atoms with van der Waals surface area (Å²) in [4.78, 5) is 25.1. The molecule has 2 amide bonds. The maximum absolute atomic E-state index is 12.6. The lowest BCUT2D eigenvalue weighted by Crippen LogP contribution is -2.47. The minimum Gasteiger partial charge on any atom is -0.354 e. The molecule has 2 aromatic rings. The zero-order valence-electron chi connectivity index (χ0n) is 15.3. The van der Waals surface area contributed by atoms with Crippen molar-refractivity contribution in [1.82, 2.24) is 10.6 Å². The van der Waals surface area contributed by atoms with Crippen LogP contribution in [0, 0.1) is 0 Å². The largest absolute Gasteiger partial charge is 0.354 e. The number of carbonyl (C=O) groups is 2. The molecule has 0 heterocycles. The van der Waals surface area contributed by atoms with Gasteiger partial charge in [0.15, 0.2) is 0 Å². The van der Waals surface area contributed by atoms with Crippen molar-refractivity contribution in [3.63, 3.8) is 0 Å². The minimum atomic E-state index is -0.593. The van der Waals surface area contributed by atoms with Crippen LogP contribution in [0.2, 0.25) is 10.0 Å². The lowest BCUT2D eigenvalue weighted by atomic mass is 10.1. The standard InChI is InChI=1S/C20H21BrCl2N2O2S/c1-28-11-9-18(25-19(26)14-2-5-15(21)6-3-14)20(27)24-10-8-13-4-7-16(22)12-17(13)23/h2-7,12,18H,8-11H2,1H3,(H,24,27)(H,25,26). The van der Waals surface area contributed by atoms with E-state index in [1.54, 1.807) is 48.2 Å². The first-order valence-corrected chi connectivity index (χ1v) is 11.6. The van der Waals surface area contributed by atoms with Crippen molar-refractivity contribution in [3.8, 4) is 0 Å². The molecule has 0 saturated heterocycles. The van der Waals surface area contributed by atoms with E-state index >= 15 is 0 Å². The highest BCUT2D eigenvalue weighted by Crippen LogP contribution is 2.21. The normalized spacial score (nSPS) is 11.7. The molecular weight excluding hydrogens is 483 g/mol. The number of nitrogens with one attached hydrogen (secondary N) is 2. The summed E-state index contributed by atoms with van der Waals surface area (Å²) >= 11 is 17.0. The smallest absolute Gasteiger partial charge is 0.251 e. The molecule has 1 unspecified atom stereocenters. The molecule has 0 aliphatic heterocycles. The molecule has 0 aliphatic rings. The highest BCUT2D eigenvalue weighted by molar-refractivity contribution is 9.10. The van der Waals surface area contributed by atoms with E-state index in [4.69, 9.17) is 23.2 Å². The Hall–Kier alpha value is -1.21. The summed E-state index contributed by atoms with van der Waals surface area (Å²) in [6.45, 7) is 0.421. The third kappa shape index (κ3) is 7.32. The van der Waals surface area contributed by atoms with Gasteiger partial charge in [0.2, 0.25) is 5.91 Å². The van der Waals surface area contributed by atoms with Crippen LogP contribution in [0.15, 0.2) is 46.9 Å². The Morgan fingerprint density at radius 1 is 1.14 bits per heavy atom. The summed E-state index contributed by atoms with van der Waals surface area (Å²) in [7, 11) is 0. The van der Waals surface area contributed by atoms with E-state index in [-0.39, 0.29) is 11.8 Å². The van der Waals surface area contributed by atoms with Crippen LogP contribution in [0.3, 0.4) is 0 Å². The first kappa shape index (κ1) is 23.1. The van der Waals surface area contributed by atoms with E-state index in [1.807, 2.05) is 12.3 Å². The van der Waals surface area contributed by atoms with E-state index in [2.05, 4.69) is 26.6 Å². The van der Waals surface area contributed by atoms with Crippen molar-refractivity contribution in [2.75, 3.05) is 18.6 Å². The van der Waals surface area contributed by atoms with Crippen molar-refractivity contribution >= 4 is 62.7 Å². The van der Waals surface area contributed by atoms with Crippen LogP contribution in [0.1, 0.15) is 22.3 Å². The van der Waals surface area contributed by atoms with E-state index in [0.717, 1.165) is 15.8 Å². The molecule has 0 fully saturated rings. The van der Waals surface area contributed by atoms with Gasteiger partial charge in [-0.25, -0.2) is 0 Å². The van der Waals surface area contributed by atoms with Gasteiger partial charge in [0.1, 0.15) is 6.04 Å². The van der Waals surface area contributed by atoms with Crippen LogP contribution in [-0.4, -0.2) is 36.4 Å². The zero-order chi connectivity index (χ0) is 20.5. The van der Waals surface area contributed by atoms with Crippen molar-refractivity contribution in [2.45, 2.75) is 18.9 Å². The second-order valence-corrected chi connectivity index (χ2v) is 8.84. The van der Waals surface area contributed by atoms with E-state index in [1.165, 1.54) is 0 Å². The quantitative estimate of drug-likeness (QED) is 0.508. The number of benzene rings is 2. The summed E-state index contributed by atoms with van der Waals surface area (Å²) in [5, 5.41) is 6.87. The molecule has 2 N–H and O–H groups in total. The number of halogens is 3. The molecular formula is C20H21BrCl2N2O2S. The number of carbonyl (C=O) groups excluding carboxylic acids is 2. The molecule has 0 aromatic heterocycles. The number of hydrogen-bond acceptors (Lipinski definition) is 3. The third-order valence-corrected chi connectivity index (χ3v) is 5.81. The Balaban J connectivity index is 1.94. The number of rotatable bonds is 9. The average Bonchev–Trinajstić information content (AvgIpc) is 2.67. The van der Waals surface area contributed by atoms with Gasteiger partial charge in [-0.15, -0.1) is 0 Å². The lowest BCUT2D eigenvalue weighted by Gasteiger charge is -2.18. The molecule has 8 heteroatoms. The fourth-order valence-electron chi connectivity index (χ4n) is 2.52. The monoisotopic (exact) mass is 502 g/mol. The Morgan fingerprint density at radius 2 is 1.86 bits per heavy atom. The second kappa shape index (κ2) is 11.7. The van der Waals surface area contributed by atoms with E-state index < -0.39 is 6.04 Å². The molecule has 28 heavy (non-hydrogen) atoms. The van der Waals surface area contributed by atoms with Crippen LogP contribution in [0.25, 0.3) is 0 Å². The molecule has 2 rings (SSSR count). The van der Waals surface area contributed by atoms with Gasteiger partial charge < -0.3 is 10.6 Å². The maximum Gasteiger partial charge on any atom is 0.251 e. The van der Waals surface area contributed by atoms with Gasteiger partial charge in [0.25, 0.3) is 5.91 Å². The maximum atomic E-state index is 12.6. The predicted molar refractivity (Wildman–Crippen MR) is 122 cm³/mol. The molecule has 0 radical (unpaired) electrons. The van der Waals surface area contributed by atoms with Crippen molar-refractivity contribution < 1.29 is 9.59 Å². The second-order valence-electron chi connectivity index (χ2n) is 6.09. The molecule has 150 valence electrons. The van der Waals surface area contributed by atoms with Gasteiger partial charge in [0, 0.05) is 26.6 Å². The fourth-order valence-corrected chi connectivity index (χ4v) is 3.75. The molecule has 0 aliphatic carbocycles. The lowest BCUT2D eigenvalue weighted by molar-refractivity contribution is -0.122. The van der Waals surface area contributed by atoms with Gasteiger partial charge in [-0.2, -0.15) is 11.8 Å². The summed E-state index contributed by atoms with van der Waals surface area (Å²) in [5.41, 5.74) is 1.42. The van der Waals surface area contributed by atoms with Gasteiger partial charge in [-0.3, -0.25) is 9.59 Å². The Bertz CT molecular complexity index is 818. The van der Waals surface area contributed by atoms with Crippen LogP contribution in [0.5, 0.6) is 0 Å². The minimum absolute atomic E-state index is 0.204. The Kier molecular flexibility index (Phi) is 9.65. The third-order valence-electron chi connectivity index (χ3n) is 4.05. The van der Waals surface area contributed by atoms with Crippen molar-refractivity contribution in [1.29, 1.82) is 0 Å². The predicted octanol–water partition coefficient (Wildman–Crippen LogP) is 4.97. The van der Waals surface area contributed by atoms with Crippen LogP contribution >= 0.6 is 50.9 Å². The average molecular weight is 504 g/mol. The van der Waals surface area contributed by atoms with Gasteiger partial charge >= 0.3 is 0 Å². The summed E-state index contributed by atoms with van der Waals surface area (Å²) < 4.78 is 0.890. The molecule has 0 saturated carbocycles. The number of thioether (sulfide) groups is 1.